The average molecular weight is 405 g/mol. The first-order valence-corrected chi connectivity index (χ1v) is 10.2. The predicted molar refractivity (Wildman–Crippen MR) is 117 cm³/mol. The molecule has 4 rings (SSSR count). The molecule has 1 aliphatic rings. The summed E-state index contributed by atoms with van der Waals surface area (Å²) in [7, 11) is 5.15. The van der Waals surface area contributed by atoms with E-state index in [2.05, 4.69) is 18.3 Å². The SMILES string of the molecule is COc1cccc(C(=O)N2CCC(c3cn(CC(=O)N(C)C)c4ccccc34)C2)c1. The highest BCUT2D eigenvalue weighted by Gasteiger charge is 2.30. The first-order chi connectivity index (χ1) is 14.5. The number of amides is 2. The minimum Gasteiger partial charge on any atom is -0.497 e. The van der Waals surface area contributed by atoms with Gasteiger partial charge in [-0.2, -0.15) is 0 Å². The van der Waals surface area contributed by atoms with Gasteiger partial charge in [-0.3, -0.25) is 9.59 Å². The zero-order chi connectivity index (χ0) is 21.3. The Kier molecular flexibility index (Phi) is 5.48. The monoisotopic (exact) mass is 405 g/mol. The van der Waals surface area contributed by atoms with Crippen molar-refractivity contribution in [1.29, 1.82) is 0 Å². The zero-order valence-corrected chi connectivity index (χ0v) is 17.7. The summed E-state index contributed by atoms with van der Waals surface area (Å²) in [5.74, 6) is 1.02. The molecule has 1 saturated heterocycles. The summed E-state index contributed by atoms with van der Waals surface area (Å²) in [6.45, 7) is 1.70. The lowest BCUT2D eigenvalue weighted by atomic mass is 9.98. The van der Waals surface area contributed by atoms with E-state index >= 15 is 0 Å². The van der Waals surface area contributed by atoms with E-state index in [0.717, 1.165) is 23.9 Å². The minimum atomic E-state index is 0.0305. The van der Waals surface area contributed by atoms with Gasteiger partial charge < -0.3 is 19.1 Å². The van der Waals surface area contributed by atoms with E-state index in [4.69, 9.17) is 4.74 Å². The van der Waals surface area contributed by atoms with Crippen molar-refractivity contribution in [3.05, 3.63) is 65.9 Å². The maximum Gasteiger partial charge on any atom is 0.254 e. The molecule has 1 aliphatic heterocycles. The number of carbonyl (C=O) groups is 2. The van der Waals surface area contributed by atoms with E-state index in [1.165, 1.54) is 5.56 Å². The van der Waals surface area contributed by atoms with Gasteiger partial charge in [0.25, 0.3) is 5.91 Å². The van der Waals surface area contributed by atoms with Crippen LogP contribution in [0.1, 0.15) is 28.3 Å². The van der Waals surface area contributed by atoms with Crippen LogP contribution in [0.25, 0.3) is 10.9 Å². The fourth-order valence-electron chi connectivity index (χ4n) is 4.16. The number of benzene rings is 2. The quantitative estimate of drug-likeness (QED) is 0.654. The molecule has 2 heterocycles. The molecule has 1 unspecified atom stereocenters. The Bertz CT molecular complexity index is 1090. The van der Waals surface area contributed by atoms with Crippen LogP contribution in [0.4, 0.5) is 0 Å². The van der Waals surface area contributed by atoms with E-state index in [0.29, 0.717) is 24.4 Å². The summed E-state index contributed by atoms with van der Waals surface area (Å²) in [6, 6.07) is 15.5. The Balaban J connectivity index is 1.58. The molecule has 0 aliphatic carbocycles. The van der Waals surface area contributed by atoms with Crippen LogP contribution in [-0.2, 0) is 11.3 Å². The third-order valence-corrected chi connectivity index (χ3v) is 5.86. The lowest BCUT2D eigenvalue weighted by Crippen LogP contribution is -2.28. The number of fused-ring (bicyclic) bond motifs is 1. The van der Waals surface area contributed by atoms with Gasteiger partial charge in [0, 0.05) is 55.8 Å². The lowest BCUT2D eigenvalue weighted by Gasteiger charge is -2.17. The molecular weight excluding hydrogens is 378 g/mol. The van der Waals surface area contributed by atoms with Crippen LogP contribution >= 0.6 is 0 Å². The Morgan fingerprint density at radius 3 is 2.70 bits per heavy atom. The summed E-state index contributed by atoms with van der Waals surface area (Å²) in [5.41, 5.74) is 2.91. The van der Waals surface area contributed by atoms with Crippen molar-refractivity contribution in [2.45, 2.75) is 18.9 Å². The van der Waals surface area contributed by atoms with Crippen molar-refractivity contribution in [3.63, 3.8) is 0 Å². The van der Waals surface area contributed by atoms with Gasteiger partial charge in [0.05, 0.1) is 7.11 Å². The van der Waals surface area contributed by atoms with E-state index in [-0.39, 0.29) is 17.7 Å². The van der Waals surface area contributed by atoms with Crippen molar-refractivity contribution in [3.8, 4) is 5.75 Å². The lowest BCUT2D eigenvalue weighted by molar-refractivity contribution is -0.129. The molecule has 30 heavy (non-hydrogen) atoms. The highest BCUT2D eigenvalue weighted by atomic mass is 16.5. The molecule has 0 radical (unpaired) electrons. The predicted octanol–water partition coefficient (Wildman–Crippen LogP) is 3.37. The fourth-order valence-corrected chi connectivity index (χ4v) is 4.16. The molecule has 156 valence electrons. The Morgan fingerprint density at radius 1 is 1.13 bits per heavy atom. The highest BCUT2D eigenvalue weighted by Crippen LogP contribution is 2.34. The van der Waals surface area contributed by atoms with Gasteiger partial charge in [-0.05, 0) is 36.2 Å². The van der Waals surface area contributed by atoms with Gasteiger partial charge in [0.1, 0.15) is 12.3 Å². The number of likely N-dealkylation sites (tertiary alicyclic amines) is 1. The fraction of sp³-hybridized carbons (Fsp3) is 0.333. The second kappa shape index (κ2) is 8.22. The van der Waals surface area contributed by atoms with Gasteiger partial charge in [-0.15, -0.1) is 0 Å². The number of hydrogen-bond donors (Lipinski definition) is 0. The van der Waals surface area contributed by atoms with Crippen LogP contribution in [0.5, 0.6) is 5.75 Å². The van der Waals surface area contributed by atoms with Gasteiger partial charge in [-0.25, -0.2) is 0 Å². The Hall–Kier alpha value is -3.28. The molecule has 0 bridgehead atoms. The third-order valence-electron chi connectivity index (χ3n) is 5.86. The standard InChI is InChI=1S/C24H27N3O3/c1-25(2)23(28)16-27-15-21(20-9-4-5-10-22(20)27)18-11-12-26(14-18)24(29)17-7-6-8-19(13-17)30-3/h4-10,13,15,18H,11-12,14,16H2,1-3H3. The van der Waals surface area contributed by atoms with Crippen LogP contribution in [0.15, 0.2) is 54.7 Å². The first-order valence-electron chi connectivity index (χ1n) is 10.2. The minimum absolute atomic E-state index is 0.0305. The van der Waals surface area contributed by atoms with Crippen LogP contribution in [-0.4, -0.2) is 60.5 Å². The number of nitrogens with zero attached hydrogens (tertiary/aromatic N) is 3. The first kappa shape index (κ1) is 20.0. The van der Waals surface area contributed by atoms with Crippen molar-refractivity contribution in [2.75, 3.05) is 34.3 Å². The molecule has 1 fully saturated rings. The van der Waals surface area contributed by atoms with E-state index in [9.17, 15) is 9.59 Å². The van der Waals surface area contributed by atoms with E-state index in [1.807, 2.05) is 39.8 Å². The summed E-state index contributed by atoms with van der Waals surface area (Å²) in [4.78, 5) is 28.8. The molecule has 1 aromatic heterocycles. The average Bonchev–Trinajstić information content (AvgIpc) is 3.38. The summed E-state index contributed by atoms with van der Waals surface area (Å²) in [5, 5.41) is 1.16. The largest absolute Gasteiger partial charge is 0.497 e. The Labute approximate surface area is 176 Å². The number of para-hydroxylation sites is 1. The molecule has 0 spiro atoms. The molecule has 0 saturated carbocycles. The Morgan fingerprint density at radius 2 is 1.93 bits per heavy atom. The molecule has 2 aromatic carbocycles. The smallest absolute Gasteiger partial charge is 0.254 e. The van der Waals surface area contributed by atoms with Crippen LogP contribution < -0.4 is 4.74 Å². The van der Waals surface area contributed by atoms with Crippen LogP contribution in [0, 0.1) is 0 Å². The molecular formula is C24H27N3O3. The normalized spacial score (nSPS) is 16.1. The topological polar surface area (TPSA) is 54.8 Å². The second-order valence-corrected chi connectivity index (χ2v) is 7.99. The molecule has 6 nitrogen and oxygen atoms in total. The summed E-state index contributed by atoms with van der Waals surface area (Å²) < 4.78 is 7.28. The summed E-state index contributed by atoms with van der Waals surface area (Å²) >= 11 is 0. The van der Waals surface area contributed by atoms with Crippen molar-refractivity contribution in [2.24, 2.45) is 0 Å². The maximum atomic E-state index is 13.0. The molecule has 6 heteroatoms. The van der Waals surface area contributed by atoms with Crippen LogP contribution in [0.2, 0.25) is 0 Å². The second-order valence-electron chi connectivity index (χ2n) is 7.99. The van der Waals surface area contributed by atoms with Crippen molar-refractivity contribution >= 4 is 22.7 Å². The van der Waals surface area contributed by atoms with Gasteiger partial charge >= 0.3 is 0 Å². The molecule has 0 N–H and O–H groups in total. The number of likely N-dealkylation sites (N-methyl/N-ethyl adjacent to an activating group) is 1. The van der Waals surface area contributed by atoms with E-state index < -0.39 is 0 Å². The molecule has 3 aromatic rings. The highest BCUT2D eigenvalue weighted by molar-refractivity contribution is 5.95. The van der Waals surface area contributed by atoms with Crippen molar-refractivity contribution in [1.82, 2.24) is 14.4 Å². The maximum absolute atomic E-state index is 13.0. The number of hydrogen-bond acceptors (Lipinski definition) is 3. The van der Waals surface area contributed by atoms with Gasteiger partial charge in [-0.1, -0.05) is 24.3 Å². The number of methoxy groups -OCH3 is 1. The van der Waals surface area contributed by atoms with Crippen LogP contribution in [0.3, 0.4) is 0 Å². The number of carbonyl (C=O) groups excluding carboxylic acids is 2. The van der Waals surface area contributed by atoms with Crippen molar-refractivity contribution < 1.29 is 14.3 Å². The van der Waals surface area contributed by atoms with Gasteiger partial charge in [0.2, 0.25) is 5.91 Å². The third kappa shape index (κ3) is 3.77. The van der Waals surface area contributed by atoms with E-state index in [1.54, 1.807) is 32.2 Å². The number of ether oxygens (including phenoxy) is 1. The zero-order valence-electron chi connectivity index (χ0n) is 17.7. The number of rotatable bonds is 5. The van der Waals surface area contributed by atoms with Gasteiger partial charge in [0.15, 0.2) is 0 Å². The molecule has 2 amide bonds. The summed E-state index contributed by atoms with van der Waals surface area (Å²) in [6.07, 6.45) is 3.00. The number of aromatic nitrogens is 1. The molecule has 1 atom stereocenters.